The number of carbonyl (C=O) groups excluding carboxylic acids is 1. The lowest BCUT2D eigenvalue weighted by Crippen LogP contribution is -2.28. The fourth-order valence-electron chi connectivity index (χ4n) is 3.09. The monoisotopic (exact) mass is 324 g/mol. The van der Waals surface area contributed by atoms with Crippen LogP contribution in [0.5, 0.6) is 0 Å². The molecule has 0 radical (unpaired) electrons. The standard InChI is InChI=1S/C19H24N4O/c1-23(16-11-7-4-8-12-16)18(24)17-13-14-20-19(22-17)21-15-9-5-2-3-6-10-15/h4,7-8,11-15H,2-3,5-6,9-10H2,1H3,(H,20,21,22). The molecule has 5 nitrogen and oxygen atoms in total. The highest BCUT2D eigenvalue weighted by Crippen LogP contribution is 2.20. The third kappa shape index (κ3) is 4.10. The molecule has 24 heavy (non-hydrogen) atoms. The Balaban J connectivity index is 1.71. The molecule has 5 heteroatoms. The Hall–Kier alpha value is -2.43. The van der Waals surface area contributed by atoms with Crippen LogP contribution in [0.2, 0.25) is 0 Å². The molecule has 0 bridgehead atoms. The van der Waals surface area contributed by atoms with Crippen molar-refractivity contribution >= 4 is 17.5 Å². The zero-order valence-electron chi connectivity index (χ0n) is 14.1. The van der Waals surface area contributed by atoms with Gasteiger partial charge >= 0.3 is 0 Å². The van der Waals surface area contributed by atoms with Gasteiger partial charge in [0.05, 0.1) is 0 Å². The Bertz CT molecular complexity index is 666. The van der Waals surface area contributed by atoms with E-state index in [4.69, 9.17) is 0 Å². The predicted molar refractivity (Wildman–Crippen MR) is 96.3 cm³/mol. The molecule has 1 aromatic carbocycles. The molecule has 0 saturated heterocycles. The van der Waals surface area contributed by atoms with Crippen LogP contribution in [0, 0.1) is 0 Å². The minimum atomic E-state index is -0.132. The van der Waals surface area contributed by atoms with Gasteiger partial charge in [0.15, 0.2) is 0 Å². The summed E-state index contributed by atoms with van der Waals surface area (Å²) in [5, 5.41) is 3.40. The van der Waals surface area contributed by atoms with Crippen molar-refractivity contribution in [3.05, 3.63) is 48.3 Å². The fourth-order valence-corrected chi connectivity index (χ4v) is 3.09. The van der Waals surface area contributed by atoms with Crippen LogP contribution in [-0.4, -0.2) is 29.0 Å². The molecule has 1 fully saturated rings. The number of hydrogen-bond acceptors (Lipinski definition) is 4. The molecular formula is C19H24N4O. The Morgan fingerprint density at radius 1 is 1.08 bits per heavy atom. The lowest BCUT2D eigenvalue weighted by Gasteiger charge is -2.18. The van der Waals surface area contributed by atoms with Crippen LogP contribution in [0.4, 0.5) is 11.6 Å². The van der Waals surface area contributed by atoms with Gasteiger partial charge < -0.3 is 10.2 Å². The SMILES string of the molecule is CN(C(=O)c1ccnc(NC2CCCCCC2)n1)c1ccccc1. The average Bonchev–Trinajstić information content (AvgIpc) is 2.90. The lowest BCUT2D eigenvalue weighted by atomic mass is 10.1. The largest absolute Gasteiger partial charge is 0.351 e. The van der Waals surface area contributed by atoms with Crippen LogP contribution in [0.3, 0.4) is 0 Å². The number of anilines is 2. The van der Waals surface area contributed by atoms with Crippen LogP contribution < -0.4 is 10.2 Å². The molecule has 0 spiro atoms. The first-order valence-electron chi connectivity index (χ1n) is 8.67. The highest BCUT2D eigenvalue weighted by atomic mass is 16.2. The van der Waals surface area contributed by atoms with Gasteiger partial charge in [-0.3, -0.25) is 4.79 Å². The molecule has 1 aromatic heterocycles. The number of carbonyl (C=O) groups is 1. The summed E-state index contributed by atoms with van der Waals surface area (Å²) >= 11 is 0. The number of nitrogens with one attached hydrogen (secondary N) is 1. The second kappa shape index (κ2) is 7.90. The molecular weight excluding hydrogens is 300 g/mol. The summed E-state index contributed by atoms with van der Waals surface area (Å²) in [5.41, 5.74) is 1.26. The molecule has 1 aliphatic rings. The molecule has 0 unspecified atom stereocenters. The van der Waals surface area contributed by atoms with Crippen molar-refractivity contribution in [3.63, 3.8) is 0 Å². The van der Waals surface area contributed by atoms with Gasteiger partial charge in [-0.15, -0.1) is 0 Å². The Morgan fingerprint density at radius 2 is 1.79 bits per heavy atom. The number of amides is 1. The second-order valence-corrected chi connectivity index (χ2v) is 6.30. The van der Waals surface area contributed by atoms with E-state index in [0.717, 1.165) is 18.5 Å². The van der Waals surface area contributed by atoms with Crippen LogP contribution in [-0.2, 0) is 0 Å². The second-order valence-electron chi connectivity index (χ2n) is 6.30. The quantitative estimate of drug-likeness (QED) is 0.867. The third-order valence-corrected chi connectivity index (χ3v) is 4.51. The normalized spacial score (nSPS) is 15.5. The molecule has 126 valence electrons. The van der Waals surface area contributed by atoms with Crippen LogP contribution >= 0.6 is 0 Å². The topological polar surface area (TPSA) is 58.1 Å². The summed E-state index contributed by atoms with van der Waals surface area (Å²) in [6, 6.07) is 11.6. The van der Waals surface area contributed by atoms with Crippen molar-refractivity contribution in [1.82, 2.24) is 9.97 Å². The van der Waals surface area contributed by atoms with E-state index in [1.807, 2.05) is 30.3 Å². The first-order valence-corrected chi connectivity index (χ1v) is 8.67. The fraction of sp³-hybridized carbons (Fsp3) is 0.421. The van der Waals surface area contributed by atoms with Crippen molar-refractivity contribution in [3.8, 4) is 0 Å². The summed E-state index contributed by atoms with van der Waals surface area (Å²) in [7, 11) is 1.76. The zero-order chi connectivity index (χ0) is 16.8. The van der Waals surface area contributed by atoms with Crippen molar-refractivity contribution in [1.29, 1.82) is 0 Å². The molecule has 3 rings (SSSR count). The molecule has 1 amide bonds. The van der Waals surface area contributed by atoms with Gasteiger partial charge in [-0.1, -0.05) is 43.9 Å². The van der Waals surface area contributed by atoms with Gasteiger partial charge in [0, 0.05) is 25.0 Å². The predicted octanol–water partition coefficient (Wildman–Crippen LogP) is 3.89. The summed E-state index contributed by atoms with van der Waals surface area (Å²) < 4.78 is 0. The third-order valence-electron chi connectivity index (χ3n) is 4.51. The smallest absolute Gasteiger partial charge is 0.276 e. The summed E-state index contributed by atoms with van der Waals surface area (Å²) in [6.45, 7) is 0. The molecule has 1 heterocycles. The highest BCUT2D eigenvalue weighted by Gasteiger charge is 2.17. The van der Waals surface area contributed by atoms with Gasteiger partial charge in [-0.25, -0.2) is 9.97 Å². The number of aromatic nitrogens is 2. The van der Waals surface area contributed by atoms with E-state index in [-0.39, 0.29) is 5.91 Å². The molecule has 0 atom stereocenters. The van der Waals surface area contributed by atoms with Gasteiger partial charge in [-0.2, -0.15) is 0 Å². The van der Waals surface area contributed by atoms with Crippen LogP contribution in [0.25, 0.3) is 0 Å². The number of benzene rings is 1. The van der Waals surface area contributed by atoms with E-state index in [2.05, 4.69) is 15.3 Å². The number of rotatable bonds is 4. The Labute approximate surface area is 143 Å². The lowest BCUT2D eigenvalue weighted by molar-refractivity contribution is 0.0988. The molecule has 1 N–H and O–H groups in total. The van der Waals surface area contributed by atoms with E-state index < -0.39 is 0 Å². The maximum absolute atomic E-state index is 12.7. The molecule has 0 aliphatic heterocycles. The van der Waals surface area contributed by atoms with Crippen LogP contribution in [0.1, 0.15) is 49.0 Å². The highest BCUT2D eigenvalue weighted by molar-refractivity contribution is 6.04. The van der Waals surface area contributed by atoms with E-state index >= 15 is 0 Å². The maximum Gasteiger partial charge on any atom is 0.276 e. The van der Waals surface area contributed by atoms with E-state index in [1.54, 1.807) is 24.2 Å². The van der Waals surface area contributed by atoms with Gasteiger partial charge in [-0.05, 0) is 31.0 Å². The summed E-state index contributed by atoms with van der Waals surface area (Å²) in [6.07, 6.45) is 9.04. The van der Waals surface area contributed by atoms with Gasteiger partial charge in [0.25, 0.3) is 5.91 Å². The van der Waals surface area contributed by atoms with Crippen molar-refractivity contribution < 1.29 is 4.79 Å². The summed E-state index contributed by atoms with van der Waals surface area (Å²) in [5.74, 6) is 0.418. The first kappa shape index (κ1) is 16.4. The number of hydrogen-bond donors (Lipinski definition) is 1. The van der Waals surface area contributed by atoms with E-state index in [9.17, 15) is 4.79 Å². The molecule has 1 saturated carbocycles. The van der Waals surface area contributed by atoms with Crippen molar-refractivity contribution in [2.45, 2.75) is 44.6 Å². The zero-order valence-corrected chi connectivity index (χ0v) is 14.1. The van der Waals surface area contributed by atoms with Crippen molar-refractivity contribution in [2.75, 3.05) is 17.3 Å². The van der Waals surface area contributed by atoms with E-state index in [1.165, 1.54) is 25.7 Å². The van der Waals surface area contributed by atoms with E-state index in [0.29, 0.717) is 17.7 Å². The van der Waals surface area contributed by atoms with Crippen molar-refractivity contribution in [2.24, 2.45) is 0 Å². The first-order chi connectivity index (χ1) is 11.7. The van der Waals surface area contributed by atoms with Gasteiger partial charge in [0.1, 0.15) is 5.69 Å². The minimum Gasteiger partial charge on any atom is -0.351 e. The van der Waals surface area contributed by atoms with Crippen LogP contribution in [0.15, 0.2) is 42.6 Å². The molecule has 2 aromatic rings. The Morgan fingerprint density at radius 3 is 2.50 bits per heavy atom. The van der Waals surface area contributed by atoms with Gasteiger partial charge in [0.2, 0.25) is 5.95 Å². The average molecular weight is 324 g/mol. The minimum absolute atomic E-state index is 0.132. The maximum atomic E-state index is 12.7. The number of nitrogens with zero attached hydrogens (tertiary/aromatic N) is 3. The Kier molecular flexibility index (Phi) is 5.41. The number of para-hydroxylation sites is 1. The summed E-state index contributed by atoms with van der Waals surface area (Å²) in [4.78, 5) is 23.0. The molecule has 1 aliphatic carbocycles.